The zero-order valence-electron chi connectivity index (χ0n) is 11.7. The largest absolute Gasteiger partial charge is 0.285 e. The molecule has 0 atom stereocenters. The van der Waals surface area contributed by atoms with E-state index in [0.29, 0.717) is 28.0 Å². The second kappa shape index (κ2) is 7.48. The molecule has 0 N–H and O–H groups in total. The van der Waals surface area contributed by atoms with E-state index < -0.39 is 0 Å². The number of aliphatic imine (C=N–C) groups is 1. The lowest BCUT2D eigenvalue weighted by Crippen LogP contribution is -2.02. The summed E-state index contributed by atoms with van der Waals surface area (Å²) in [5.41, 5.74) is 2.67. The topological polar surface area (TPSA) is 59.9 Å². The van der Waals surface area contributed by atoms with E-state index in [-0.39, 0.29) is 6.44 Å². The Balaban J connectivity index is 2.49. The molecule has 0 aliphatic heterocycles. The number of rotatable bonds is 2. The molecule has 0 unspecified atom stereocenters. The summed E-state index contributed by atoms with van der Waals surface area (Å²) in [6.45, 7) is 0. The monoisotopic (exact) mass is 279 g/mol. The van der Waals surface area contributed by atoms with Crippen LogP contribution in [0.4, 0.5) is 0 Å². The Bertz CT molecular complexity index is 858. The molecule has 3 nitrogen and oxygen atoms in total. The summed E-state index contributed by atoms with van der Waals surface area (Å²) in [5, 5.41) is 18.3. The zero-order valence-corrected chi connectivity index (χ0v) is 11.7. The van der Waals surface area contributed by atoms with Gasteiger partial charge >= 0.3 is 0 Å². The van der Waals surface area contributed by atoms with E-state index in [0.717, 1.165) is 0 Å². The van der Waals surface area contributed by atoms with Crippen LogP contribution in [-0.2, 0) is 0 Å². The molecule has 0 aliphatic carbocycles. The second-order valence-corrected chi connectivity index (χ2v) is 4.25. The first kappa shape index (κ1) is 15.1. The Morgan fingerprint density at radius 1 is 0.909 bits per heavy atom. The van der Waals surface area contributed by atoms with Crippen molar-refractivity contribution in [3.8, 4) is 24.0 Å². The number of hydrogen-bond acceptors (Lipinski definition) is 3. The van der Waals surface area contributed by atoms with Crippen molar-refractivity contribution >= 4 is 13.6 Å². The highest BCUT2D eigenvalue weighted by Gasteiger charge is 2.06. The molecule has 0 saturated heterocycles. The van der Waals surface area contributed by atoms with Crippen molar-refractivity contribution in [1.29, 1.82) is 10.5 Å². The van der Waals surface area contributed by atoms with Crippen LogP contribution < -0.4 is 0 Å². The summed E-state index contributed by atoms with van der Waals surface area (Å²) in [6.07, 6.45) is 0.0731. The van der Waals surface area contributed by atoms with E-state index in [1.54, 1.807) is 36.4 Å². The van der Waals surface area contributed by atoms with Crippen LogP contribution in [0.25, 0.3) is 0 Å². The van der Waals surface area contributed by atoms with Gasteiger partial charge in [0.15, 0.2) is 0 Å². The maximum Gasteiger partial charge on any atom is 0.115 e. The van der Waals surface area contributed by atoms with Crippen LogP contribution in [0.5, 0.6) is 0 Å². The molecule has 2 aromatic rings. The highest BCUT2D eigenvalue weighted by Crippen LogP contribution is 2.10. The van der Waals surface area contributed by atoms with Crippen LogP contribution in [0.3, 0.4) is 0 Å². The summed E-state index contributed by atoms with van der Waals surface area (Å²) in [5.74, 6) is 5.85. The Kier molecular flexibility index (Phi) is 5.14. The average Bonchev–Trinajstić information content (AvgIpc) is 2.58. The molecule has 22 heavy (non-hydrogen) atoms. The number of nitrogens with zero attached hydrogens (tertiary/aromatic N) is 3. The van der Waals surface area contributed by atoms with Crippen molar-refractivity contribution in [1.82, 2.24) is 0 Å². The Morgan fingerprint density at radius 3 is 2.14 bits per heavy atom. The first-order valence-electron chi connectivity index (χ1n) is 6.55. The van der Waals surface area contributed by atoms with Gasteiger partial charge in [0, 0.05) is 17.6 Å². The molecule has 2 rings (SSSR count). The van der Waals surface area contributed by atoms with Gasteiger partial charge in [0.05, 0.1) is 25.0 Å². The van der Waals surface area contributed by atoms with Gasteiger partial charge in [-0.15, -0.1) is 0 Å². The summed E-state index contributed by atoms with van der Waals surface area (Å²) in [6, 6.07) is 18.3. The zero-order chi connectivity index (χ0) is 15.8. The van der Waals surface area contributed by atoms with Gasteiger partial charge in [-0.3, -0.25) is 4.99 Å². The van der Waals surface area contributed by atoms with E-state index >= 15 is 0 Å². The van der Waals surface area contributed by atoms with Gasteiger partial charge in [-0.2, -0.15) is 10.5 Å². The molecule has 2 radical (unpaired) electrons. The number of nitriles is 2. The Morgan fingerprint density at radius 2 is 1.50 bits per heavy atom. The predicted molar refractivity (Wildman–Crippen MR) is 86.4 cm³/mol. The maximum atomic E-state index is 9.18. The van der Waals surface area contributed by atoms with Gasteiger partial charge in [-0.1, -0.05) is 36.3 Å². The molecule has 0 saturated carbocycles. The summed E-state index contributed by atoms with van der Waals surface area (Å²) < 4.78 is 0. The van der Waals surface area contributed by atoms with Crippen LogP contribution in [0, 0.1) is 34.5 Å². The summed E-state index contributed by atoms with van der Waals surface area (Å²) >= 11 is 0. The van der Waals surface area contributed by atoms with E-state index in [1.807, 2.05) is 12.1 Å². The van der Waals surface area contributed by atoms with Gasteiger partial charge in [-0.25, -0.2) is 0 Å². The molecule has 0 aliphatic rings. The first-order chi connectivity index (χ1) is 10.8. The van der Waals surface area contributed by atoms with Crippen LogP contribution in [0.1, 0.15) is 22.3 Å². The maximum absolute atomic E-state index is 9.18. The molecule has 4 heteroatoms. The van der Waals surface area contributed by atoms with E-state index in [9.17, 15) is 5.26 Å². The minimum atomic E-state index is 0.0731. The first-order valence-corrected chi connectivity index (χ1v) is 6.55. The minimum absolute atomic E-state index is 0.0731. The highest BCUT2D eigenvalue weighted by molar-refractivity contribution is 6.17. The Labute approximate surface area is 131 Å². The number of hydrogen-bond donors (Lipinski definition) is 0. The molecular formula is C18H10BN3. The molecule has 0 amide bonds. The smallest absolute Gasteiger partial charge is 0.115 e. The van der Waals surface area contributed by atoms with E-state index in [1.165, 1.54) is 0 Å². The normalized spacial score (nSPS) is 10.0. The molecule has 2 aromatic carbocycles. The van der Waals surface area contributed by atoms with E-state index in [2.05, 4.69) is 29.0 Å². The SMILES string of the molecule is [B]CN=C(C#Cc1ccccc1C#N)c1ccccc1C#N. The van der Waals surface area contributed by atoms with Gasteiger partial charge in [-0.05, 0) is 24.1 Å². The number of benzene rings is 2. The van der Waals surface area contributed by atoms with Crippen molar-refractivity contribution in [3.63, 3.8) is 0 Å². The molecule has 0 fully saturated rings. The van der Waals surface area contributed by atoms with Crippen LogP contribution >= 0.6 is 0 Å². The summed E-state index contributed by atoms with van der Waals surface area (Å²) in [7, 11) is 5.49. The molecule has 0 spiro atoms. The highest BCUT2D eigenvalue weighted by atomic mass is 14.7. The van der Waals surface area contributed by atoms with Crippen LogP contribution in [0.2, 0.25) is 0 Å². The molecule has 0 heterocycles. The van der Waals surface area contributed by atoms with Gasteiger partial charge < -0.3 is 0 Å². The van der Waals surface area contributed by atoms with Gasteiger partial charge in [0.2, 0.25) is 0 Å². The van der Waals surface area contributed by atoms with Gasteiger partial charge in [0.25, 0.3) is 0 Å². The van der Waals surface area contributed by atoms with Crippen molar-refractivity contribution in [2.45, 2.75) is 0 Å². The van der Waals surface area contributed by atoms with Crippen molar-refractivity contribution in [2.75, 3.05) is 6.44 Å². The fourth-order valence-electron chi connectivity index (χ4n) is 1.89. The average molecular weight is 279 g/mol. The fraction of sp³-hybridized carbons (Fsp3) is 0.0556. The lowest BCUT2D eigenvalue weighted by Gasteiger charge is -2.02. The third-order valence-corrected chi connectivity index (χ3v) is 2.92. The Hall–Kier alpha value is -3.29. The van der Waals surface area contributed by atoms with Crippen molar-refractivity contribution in [2.24, 2.45) is 4.99 Å². The molecule has 100 valence electrons. The third-order valence-electron chi connectivity index (χ3n) is 2.92. The fourth-order valence-corrected chi connectivity index (χ4v) is 1.89. The third kappa shape index (κ3) is 3.43. The van der Waals surface area contributed by atoms with Crippen LogP contribution in [-0.4, -0.2) is 20.0 Å². The second-order valence-electron chi connectivity index (χ2n) is 4.25. The lowest BCUT2D eigenvalue weighted by molar-refractivity contribution is 1.36. The minimum Gasteiger partial charge on any atom is -0.285 e. The van der Waals surface area contributed by atoms with Crippen molar-refractivity contribution < 1.29 is 0 Å². The standard InChI is InChI=1S/C18H10BN3/c19-13-22-18(17-8-4-3-7-16(17)12-21)10-9-14-5-1-2-6-15(14)11-20/h1-8H,13H2. The lowest BCUT2D eigenvalue weighted by atomic mass is 10.0. The van der Waals surface area contributed by atoms with Crippen molar-refractivity contribution in [3.05, 3.63) is 70.8 Å². The molecular weight excluding hydrogens is 269 g/mol. The quantitative estimate of drug-likeness (QED) is 0.481. The van der Waals surface area contributed by atoms with E-state index in [4.69, 9.17) is 13.1 Å². The molecule has 0 bridgehead atoms. The summed E-state index contributed by atoms with van der Waals surface area (Å²) in [4.78, 5) is 4.16. The van der Waals surface area contributed by atoms with Gasteiger partial charge in [0.1, 0.15) is 11.8 Å². The molecule has 0 aromatic heterocycles. The predicted octanol–water partition coefficient (Wildman–Crippen LogP) is 2.40. The van der Waals surface area contributed by atoms with Crippen LogP contribution in [0.15, 0.2) is 53.5 Å².